The van der Waals surface area contributed by atoms with Crippen LogP contribution in [0.3, 0.4) is 0 Å². The van der Waals surface area contributed by atoms with Crippen molar-refractivity contribution in [2.75, 3.05) is 19.7 Å². The van der Waals surface area contributed by atoms with Gasteiger partial charge in [-0.1, -0.05) is 12.1 Å². The van der Waals surface area contributed by atoms with Crippen LogP contribution in [0, 0.1) is 6.92 Å². The number of aryl methyl sites for hydroxylation is 3. The molecule has 3 heterocycles. The number of benzene rings is 1. The highest BCUT2D eigenvalue weighted by atomic mass is 16.5. The van der Waals surface area contributed by atoms with Gasteiger partial charge in [0.15, 0.2) is 0 Å². The van der Waals surface area contributed by atoms with Gasteiger partial charge in [-0.15, -0.1) is 0 Å². The fourth-order valence-corrected chi connectivity index (χ4v) is 3.47. The maximum absolute atomic E-state index is 12.7. The van der Waals surface area contributed by atoms with Crippen LogP contribution in [0.4, 0.5) is 0 Å². The van der Waals surface area contributed by atoms with Crippen molar-refractivity contribution in [3.05, 3.63) is 47.8 Å². The molecule has 26 heavy (non-hydrogen) atoms. The summed E-state index contributed by atoms with van der Waals surface area (Å²) < 4.78 is 7.82. The molecular weight excluding hydrogens is 330 g/mol. The quantitative estimate of drug-likeness (QED) is 0.780. The Labute approximate surface area is 152 Å². The van der Waals surface area contributed by atoms with Crippen molar-refractivity contribution < 1.29 is 9.53 Å². The molecule has 4 rings (SSSR count). The Kier molecular flexibility index (Phi) is 4.46. The fraction of sp³-hybridized carbons (Fsp3) is 0.421. The fourth-order valence-electron chi connectivity index (χ4n) is 3.47. The molecule has 0 spiro atoms. The van der Waals surface area contributed by atoms with E-state index >= 15 is 0 Å². The third kappa shape index (κ3) is 3.35. The van der Waals surface area contributed by atoms with E-state index in [4.69, 9.17) is 4.74 Å². The molecule has 1 atom stereocenters. The second-order valence-corrected chi connectivity index (χ2v) is 6.75. The van der Waals surface area contributed by atoms with Crippen molar-refractivity contribution in [2.45, 2.75) is 25.9 Å². The Morgan fingerprint density at radius 1 is 1.35 bits per heavy atom. The van der Waals surface area contributed by atoms with Gasteiger partial charge in [-0.05, 0) is 19.1 Å². The summed E-state index contributed by atoms with van der Waals surface area (Å²) in [7, 11) is 1.96. The van der Waals surface area contributed by atoms with Gasteiger partial charge in [-0.2, -0.15) is 0 Å². The molecule has 1 N–H and O–H groups in total. The average Bonchev–Trinajstić information content (AvgIpc) is 3.21. The Morgan fingerprint density at radius 3 is 2.96 bits per heavy atom. The summed E-state index contributed by atoms with van der Waals surface area (Å²) in [6, 6.07) is 7.90. The number of carbonyl (C=O) groups excluding carboxylic acids is 1. The van der Waals surface area contributed by atoms with E-state index in [0.717, 1.165) is 28.4 Å². The maximum Gasteiger partial charge on any atom is 0.223 e. The molecule has 0 saturated carbocycles. The number of ether oxygens (including phenoxy) is 1. The molecule has 0 unspecified atom stereocenters. The number of hydrogen-bond donors (Lipinski definition) is 1. The maximum atomic E-state index is 12.7. The van der Waals surface area contributed by atoms with E-state index in [1.165, 1.54) is 0 Å². The minimum Gasteiger partial charge on any atom is -0.367 e. The lowest BCUT2D eigenvalue weighted by Gasteiger charge is -2.32. The van der Waals surface area contributed by atoms with Crippen LogP contribution in [0.15, 0.2) is 30.5 Å². The van der Waals surface area contributed by atoms with Crippen LogP contribution in [0.2, 0.25) is 0 Å². The van der Waals surface area contributed by atoms with Crippen LogP contribution in [0.5, 0.6) is 0 Å². The normalized spacial score (nSPS) is 17.8. The highest BCUT2D eigenvalue weighted by Crippen LogP contribution is 2.22. The second kappa shape index (κ2) is 6.92. The molecule has 7 heteroatoms. The second-order valence-electron chi connectivity index (χ2n) is 6.75. The molecule has 1 fully saturated rings. The van der Waals surface area contributed by atoms with Crippen LogP contribution in [0.25, 0.3) is 11.0 Å². The molecule has 2 aromatic heterocycles. The number of fused-ring (bicyclic) bond motifs is 1. The number of nitrogens with one attached hydrogen (secondary N) is 1. The van der Waals surface area contributed by atoms with Gasteiger partial charge in [0.25, 0.3) is 0 Å². The Balaban J connectivity index is 1.38. The van der Waals surface area contributed by atoms with Gasteiger partial charge in [0.05, 0.1) is 29.9 Å². The lowest BCUT2D eigenvalue weighted by molar-refractivity contribution is -0.139. The lowest BCUT2D eigenvalue weighted by Crippen LogP contribution is -2.43. The van der Waals surface area contributed by atoms with Gasteiger partial charge in [-0.25, -0.2) is 9.97 Å². The lowest BCUT2D eigenvalue weighted by atomic mass is 10.2. The molecule has 0 bridgehead atoms. The van der Waals surface area contributed by atoms with Crippen molar-refractivity contribution in [1.82, 2.24) is 24.4 Å². The topological polar surface area (TPSA) is 76.0 Å². The first kappa shape index (κ1) is 16.8. The highest BCUT2D eigenvalue weighted by Gasteiger charge is 2.28. The van der Waals surface area contributed by atoms with Gasteiger partial charge >= 0.3 is 0 Å². The van der Waals surface area contributed by atoms with Gasteiger partial charge in [0, 0.05) is 32.6 Å². The summed E-state index contributed by atoms with van der Waals surface area (Å²) in [5.74, 6) is 1.85. The van der Waals surface area contributed by atoms with Crippen molar-refractivity contribution in [3.8, 4) is 0 Å². The van der Waals surface area contributed by atoms with Crippen molar-refractivity contribution in [1.29, 1.82) is 0 Å². The van der Waals surface area contributed by atoms with Crippen molar-refractivity contribution in [2.24, 2.45) is 7.05 Å². The summed E-state index contributed by atoms with van der Waals surface area (Å²) in [5, 5.41) is 0. The Hall–Kier alpha value is -2.67. The average molecular weight is 353 g/mol. The van der Waals surface area contributed by atoms with Crippen LogP contribution >= 0.6 is 0 Å². The molecular formula is C19H23N5O2. The zero-order valence-electron chi connectivity index (χ0n) is 15.1. The van der Waals surface area contributed by atoms with E-state index in [0.29, 0.717) is 32.5 Å². The monoisotopic (exact) mass is 353 g/mol. The number of morpholine rings is 1. The minimum atomic E-state index is -0.169. The number of para-hydroxylation sites is 2. The van der Waals surface area contributed by atoms with E-state index in [1.807, 2.05) is 53.9 Å². The third-order valence-electron chi connectivity index (χ3n) is 4.75. The van der Waals surface area contributed by atoms with Crippen molar-refractivity contribution in [3.63, 3.8) is 0 Å². The Bertz CT molecular complexity index is 896. The first-order chi connectivity index (χ1) is 12.6. The summed E-state index contributed by atoms with van der Waals surface area (Å²) in [4.78, 5) is 26.9. The van der Waals surface area contributed by atoms with E-state index in [2.05, 4.69) is 15.0 Å². The number of carbonyl (C=O) groups is 1. The minimum absolute atomic E-state index is 0.129. The van der Waals surface area contributed by atoms with Gasteiger partial charge < -0.3 is 19.2 Å². The molecule has 1 saturated heterocycles. The molecule has 1 amide bonds. The van der Waals surface area contributed by atoms with Crippen LogP contribution < -0.4 is 0 Å². The number of aromatic nitrogens is 4. The summed E-state index contributed by atoms with van der Waals surface area (Å²) >= 11 is 0. The molecule has 0 aliphatic carbocycles. The number of aromatic amines is 1. The zero-order chi connectivity index (χ0) is 18.1. The Morgan fingerprint density at radius 2 is 2.19 bits per heavy atom. The van der Waals surface area contributed by atoms with E-state index < -0.39 is 0 Å². The molecule has 7 nitrogen and oxygen atoms in total. The van der Waals surface area contributed by atoms with Crippen LogP contribution in [0.1, 0.15) is 29.9 Å². The number of hydrogen-bond acceptors (Lipinski definition) is 4. The van der Waals surface area contributed by atoms with Gasteiger partial charge in [0.1, 0.15) is 17.8 Å². The molecule has 136 valence electrons. The summed E-state index contributed by atoms with van der Waals surface area (Å²) in [6.07, 6.45) is 2.85. The van der Waals surface area contributed by atoms with Crippen LogP contribution in [-0.2, 0) is 23.0 Å². The predicted octanol–water partition coefficient (Wildman–Crippen LogP) is 2.14. The third-order valence-corrected chi connectivity index (χ3v) is 4.75. The van der Waals surface area contributed by atoms with E-state index in [9.17, 15) is 4.79 Å². The molecule has 1 aliphatic heterocycles. The number of amides is 1. The number of H-pyrrole nitrogens is 1. The number of imidazole rings is 2. The largest absolute Gasteiger partial charge is 0.367 e. The van der Waals surface area contributed by atoms with Gasteiger partial charge in [-0.3, -0.25) is 4.79 Å². The smallest absolute Gasteiger partial charge is 0.223 e. The van der Waals surface area contributed by atoms with E-state index in [1.54, 1.807) is 0 Å². The van der Waals surface area contributed by atoms with Crippen LogP contribution in [-0.4, -0.2) is 50.0 Å². The summed E-state index contributed by atoms with van der Waals surface area (Å²) in [6.45, 7) is 3.66. The standard InChI is InChI=1S/C19H23N5O2/c1-13-11-23(2)19(20-13)16-12-24(9-10-26-16)18(25)8-7-17-21-14-5-3-4-6-15(14)22-17/h3-6,11,16H,7-10,12H2,1-2H3,(H,21,22)/t16-/m1/s1. The number of nitrogens with zero attached hydrogens (tertiary/aromatic N) is 4. The highest BCUT2D eigenvalue weighted by molar-refractivity contribution is 5.77. The first-order valence-electron chi connectivity index (χ1n) is 8.93. The summed E-state index contributed by atoms with van der Waals surface area (Å²) in [5.41, 5.74) is 2.90. The van der Waals surface area contributed by atoms with Gasteiger partial charge in [0.2, 0.25) is 5.91 Å². The molecule has 3 aromatic rings. The first-order valence-corrected chi connectivity index (χ1v) is 8.93. The molecule has 1 aliphatic rings. The van der Waals surface area contributed by atoms with Crippen molar-refractivity contribution >= 4 is 16.9 Å². The SMILES string of the molecule is Cc1cn(C)c([C@H]2CN(C(=O)CCc3nc4ccccc4[nH]3)CCO2)n1. The predicted molar refractivity (Wildman–Crippen MR) is 97.6 cm³/mol. The van der Waals surface area contributed by atoms with E-state index in [-0.39, 0.29) is 12.0 Å². The molecule has 1 aromatic carbocycles. The zero-order valence-corrected chi connectivity index (χ0v) is 15.1. The molecule has 0 radical (unpaired) electrons. The number of rotatable bonds is 4.